The van der Waals surface area contributed by atoms with Crippen LogP contribution in [0.25, 0.3) is 0 Å². The van der Waals surface area contributed by atoms with Gasteiger partial charge >= 0.3 is 0 Å². The second-order valence-electron chi connectivity index (χ2n) is 6.02. The lowest BCUT2D eigenvalue weighted by molar-refractivity contribution is 0.0506. The van der Waals surface area contributed by atoms with Crippen LogP contribution in [0, 0.1) is 16.7 Å². The average Bonchev–Trinajstić information content (AvgIpc) is 3.25. The molecule has 2 aromatic heterocycles. The Morgan fingerprint density at radius 3 is 2.35 bits per heavy atom. The molecule has 0 spiro atoms. The maximum Gasteiger partial charge on any atom is 0.128 e. The van der Waals surface area contributed by atoms with Crippen LogP contribution < -0.4 is 0 Å². The first kappa shape index (κ1) is 15.3. The average molecular weight is 317 g/mol. The largest absolute Gasteiger partial charge is 0.467 e. The van der Waals surface area contributed by atoms with Gasteiger partial charge in [0.1, 0.15) is 23.6 Å². The van der Waals surface area contributed by atoms with Gasteiger partial charge in [0, 0.05) is 12.3 Å². The molecule has 1 saturated heterocycles. The second-order valence-corrected chi connectivity index (χ2v) is 6.02. The minimum absolute atomic E-state index is 0.137. The SMILES string of the molecule is CC(C)C1/C(=N\O)CC(c2ccco2)N(N=O)C1c1ccco1. The van der Waals surface area contributed by atoms with Gasteiger partial charge in [-0.3, -0.25) is 0 Å². The molecule has 1 aliphatic rings. The van der Waals surface area contributed by atoms with Gasteiger partial charge < -0.3 is 14.0 Å². The Balaban J connectivity index is 2.10. The van der Waals surface area contributed by atoms with Gasteiger partial charge in [0.2, 0.25) is 0 Å². The van der Waals surface area contributed by atoms with E-state index in [-0.39, 0.29) is 11.8 Å². The highest BCUT2D eigenvalue weighted by atomic mass is 16.4. The molecule has 0 radical (unpaired) electrons. The maximum atomic E-state index is 11.6. The van der Waals surface area contributed by atoms with Crippen molar-refractivity contribution in [3.63, 3.8) is 0 Å². The molecular formula is C16H19N3O4. The minimum Gasteiger partial charge on any atom is -0.467 e. The van der Waals surface area contributed by atoms with Crippen molar-refractivity contribution in [2.75, 3.05) is 0 Å². The quantitative estimate of drug-likeness (QED) is 0.519. The van der Waals surface area contributed by atoms with Crippen LogP contribution >= 0.6 is 0 Å². The molecule has 0 aliphatic carbocycles. The molecule has 3 rings (SSSR count). The molecule has 3 atom stereocenters. The van der Waals surface area contributed by atoms with Crippen LogP contribution in [-0.2, 0) is 0 Å². The van der Waals surface area contributed by atoms with E-state index in [1.165, 1.54) is 5.01 Å². The van der Waals surface area contributed by atoms with E-state index >= 15 is 0 Å². The standard InChI is InChI=1S/C16H19N3O4/c1-10(2)15-11(17-20)9-12(13-5-3-7-22-13)19(18-21)16(15)14-6-4-8-23-14/h3-8,10,12,15-16,20H,9H2,1-2H3/b17-11-. The van der Waals surface area contributed by atoms with E-state index in [9.17, 15) is 10.1 Å². The van der Waals surface area contributed by atoms with Gasteiger partial charge in [-0.15, -0.1) is 4.91 Å². The normalized spacial score (nSPS) is 26.8. The first-order valence-electron chi connectivity index (χ1n) is 7.56. The third-order valence-corrected chi connectivity index (χ3v) is 4.38. The Morgan fingerprint density at radius 2 is 1.87 bits per heavy atom. The lowest BCUT2D eigenvalue weighted by atomic mass is 9.76. The molecule has 7 nitrogen and oxygen atoms in total. The Kier molecular flexibility index (Phi) is 4.18. The summed E-state index contributed by atoms with van der Waals surface area (Å²) in [6.45, 7) is 4.03. The molecule has 122 valence electrons. The number of hydrogen-bond donors (Lipinski definition) is 1. The molecular weight excluding hydrogens is 298 g/mol. The van der Waals surface area contributed by atoms with Gasteiger partial charge in [-0.2, -0.15) is 0 Å². The number of hydrogen-bond acceptors (Lipinski definition) is 6. The van der Waals surface area contributed by atoms with Crippen molar-refractivity contribution in [3.8, 4) is 0 Å². The van der Waals surface area contributed by atoms with Gasteiger partial charge in [-0.1, -0.05) is 19.0 Å². The molecule has 0 aromatic carbocycles. The third kappa shape index (κ3) is 2.62. The highest BCUT2D eigenvalue weighted by molar-refractivity contribution is 5.88. The summed E-state index contributed by atoms with van der Waals surface area (Å²) in [5.41, 5.74) is 0.614. The Morgan fingerprint density at radius 1 is 1.22 bits per heavy atom. The van der Waals surface area contributed by atoms with Crippen LogP contribution in [0.5, 0.6) is 0 Å². The molecule has 1 N–H and O–H groups in total. The molecule has 3 heterocycles. The summed E-state index contributed by atoms with van der Waals surface area (Å²) in [7, 11) is 0. The number of furan rings is 2. The van der Waals surface area contributed by atoms with Gasteiger partial charge in [0.25, 0.3) is 0 Å². The fraction of sp³-hybridized carbons (Fsp3) is 0.438. The Hall–Kier alpha value is -2.57. The molecule has 1 fully saturated rings. The minimum atomic E-state index is -0.447. The van der Waals surface area contributed by atoms with E-state index in [0.717, 1.165) is 0 Å². The number of oxime groups is 1. The molecule has 1 aliphatic heterocycles. The van der Waals surface area contributed by atoms with Crippen LogP contribution in [0.15, 0.2) is 56.1 Å². The number of nitrogens with zero attached hydrogens (tertiary/aromatic N) is 3. The van der Waals surface area contributed by atoms with E-state index in [1.807, 2.05) is 13.8 Å². The van der Waals surface area contributed by atoms with Gasteiger partial charge in [0.05, 0.1) is 23.5 Å². The molecule has 23 heavy (non-hydrogen) atoms. The summed E-state index contributed by atoms with van der Waals surface area (Å²) >= 11 is 0. The second kappa shape index (κ2) is 6.28. The van der Waals surface area contributed by atoms with Crippen LogP contribution in [-0.4, -0.2) is 15.9 Å². The van der Waals surface area contributed by atoms with Gasteiger partial charge in [-0.05, 0) is 30.2 Å². The molecule has 2 aromatic rings. The van der Waals surface area contributed by atoms with Crippen molar-refractivity contribution < 1.29 is 14.0 Å². The smallest absolute Gasteiger partial charge is 0.128 e. The van der Waals surface area contributed by atoms with E-state index in [2.05, 4.69) is 10.4 Å². The Labute approximate surface area is 133 Å². The number of piperidine rings is 1. The van der Waals surface area contributed by atoms with E-state index in [4.69, 9.17) is 8.83 Å². The summed E-state index contributed by atoms with van der Waals surface area (Å²) in [4.78, 5) is 11.6. The van der Waals surface area contributed by atoms with Crippen LogP contribution in [0.1, 0.15) is 43.9 Å². The van der Waals surface area contributed by atoms with Crippen molar-refractivity contribution in [1.29, 1.82) is 0 Å². The molecule has 7 heteroatoms. The van der Waals surface area contributed by atoms with E-state index in [1.54, 1.807) is 36.8 Å². The van der Waals surface area contributed by atoms with Crippen molar-refractivity contribution in [2.45, 2.75) is 32.4 Å². The summed E-state index contributed by atoms with van der Waals surface area (Å²) in [6, 6.07) is 6.23. The predicted octanol–water partition coefficient (Wildman–Crippen LogP) is 4.14. The zero-order chi connectivity index (χ0) is 16.4. The highest BCUT2D eigenvalue weighted by Crippen LogP contribution is 2.46. The van der Waals surface area contributed by atoms with Crippen molar-refractivity contribution >= 4 is 5.71 Å². The molecule has 3 unspecified atom stereocenters. The fourth-order valence-electron chi connectivity index (χ4n) is 3.41. The fourth-order valence-corrected chi connectivity index (χ4v) is 3.41. The zero-order valence-corrected chi connectivity index (χ0v) is 13.0. The highest BCUT2D eigenvalue weighted by Gasteiger charge is 2.47. The van der Waals surface area contributed by atoms with E-state index < -0.39 is 12.1 Å². The third-order valence-electron chi connectivity index (χ3n) is 4.38. The van der Waals surface area contributed by atoms with Gasteiger partial charge in [-0.25, -0.2) is 5.01 Å². The molecule has 0 bridgehead atoms. The predicted molar refractivity (Wildman–Crippen MR) is 82.7 cm³/mol. The summed E-state index contributed by atoms with van der Waals surface area (Å²) in [6.07, 6.45) is 3.47. The van der Waals surface area contributed by atoms with Crippen LogP contribution in [0.2, 0.25) is 0 Å². The summed E-state index contributed by atoms with van der Waals surface area (Å²) in [5.74, 6) is 1.16. The zero-order valence-electron chi connectivity index (χ0n) is 13.0. The maximum absolute atomic E-state index is 11.6. The molecule has 0 saturated carbocycles. The van der Waals surface area contributed by atoms with Crippen molar-refractivity contribution in [1.82, 2.24) is 5.01 Å². The summed E-state index contributed by atoms with van der Waals surface area (Å²) < 4.78 is 11.0. The Bertz CT molecular complexity index is 664. The lowest BCUT2D eigenvalue weighted by Crippen LogP contribution is -2.44. The topological polar surface area (TPSA) is 91.5 Å². The van der Waals surface area contributed by atoms with Crippen molar-refractivity contribution in [3.05, 3.63) is 53.2 Å². The van der Waals surface area contributed by atoms with Crippen LogP contribution in [0.3, 0.4) is 0 Å². The molecule has 0 amide bonds. The first-order chi connectivity index (χ1) is 11.2. The first-order valence-corrected chi connectivity index (χ1v) is 7.56. The van der Waals surface area contributed by atoms with E-state index in [0.29, 0.717) is 23.7 Å². The summed E-state index contributed by atoms with van der Waals surface area (Å²) in [5, 5.41) is 17.7. The number of nitroso groups, excluding NO2 is 1. The van der Waals surface area contributed by atoms with Gasteiger partial charge in [0.15, 0.2) is 0 Å². The lowest BCUT2D eigenvalue weighted by Gasteiger charge is -2.42. The van der Waals surface area contributed by atoms with Crippen LogP contribution in [0.4, 0.5) is 0 Å². The number of rotatable bonds is 4. The monoisotopic (exact) mass is 317 g/mol. The van der Waals surface area contributed by atoms with Crippen molar-refractivity contribution in [2.24, 2.45) is 22.3 Å².